The molecular formula is C30H38F2N4O2. The maximum Gasteiger partial charge on any atom is 0.225 e. The van der Waals surface area contributed by atoms with Gasteiger partial charge in [-0.15, -0.1) is 0 Å². The van der Waals surface area contributed by atoms with Crippen LogP contribution in [0.4, 0.5) is 8.78 Å². The maximum absolute atomic E-state index is 14.8. The lowest BCUT2D eigenvalue weighted by Gasteiger charge is -2.40. The number of hydrogen-bond acceptors (Lipinski definition) is 4. The molecule has 1 saturated heterocycles. The zero-order valence-corrected chi connectivity index (χ0v) is 22.5. The number of aromatic nitrogens is 2. The van der Waals surface area contributed by atoms with E-state index < -0.39 is 23.1 Å². The number of rotatable bonds is 10. The fourth-order valence-corrected chi connectivity index (χ4v) is 5.15. The van der Waals surface area contributed by atoms with Crippen molar-refractivity contribution in [3.63, 3.8) is 0 Å². The summed E-state index contributed by atoms with van der Waals surface area (Å²) in [6, 6.07) is 12.8. The molecule has 2 heterocycles. The lowest BCUT2D eigenvalue weighted by molar-refractivity contribution is -0.139. The smallest absolute Gasteiger partial charge is 0.225 e. The molecule has 0 spiro atoms. The summed E-state index contributed by atoms with van der Waals surface area (Å²) in [6.45, 7) is 8.25. The number of ether oxygens (including phenoxy) is 1. The Kier molecular flexibility index (Phi) is 8.95. The predicted molar refractivity (Wildman–Crippen MR) is 144 cm³/mol. The first-order valence-corrected chi connectivity index (χ1v) is 13.3. The highest BCUT2D eigenvalue weighted by atomic mass is 19.1. The van der Waals surface area contributed by atoms with Gasteiger partial charge in [-0.05, 0) is 55.0 Å². The molecular weight excluding hydrogens is 486 g/mol. The molecule has 3 aromatic rings. The lowest BCUT2D eigenvalue weighted by atomic mass is 9.84. The Bertz CT molecular complexity index is 1220. The van der Waals surface area contributed by atoms with Crippen molar-refractivity contribution in [2.75, 3.05) is 19.7 Å². The van der Waals surface area contributed by atoms with Crippen LogP contribution in [0.3, 0.4) is 0 Å². The highest BCUT2D eigenvalue weighted by molar-refractivity contribution is 5.77. The number of benzene rings is 2. The Morgan fingerprint density at radius 3 is 2.63 bits per heavy atom. The van der Waals surface area contributed by atoms with Crippen molar-refractivity contribution in [3.8, 4) is 11.3 Å². The van der Waals surface area contributed by atoms with Gasteiger partial charge in [-0.2, -0.15) is 0 Å². The van der Waals surface area contributed by atoms with Crippen LogP contribution >= 0.6 is 0 Å². The van der Waals surface area contributed by atoms with Gasteiger partial charge in [0, 0.05) is 31.5 Å². The first kappa shape index (κ1) is 27.9. The fourth-order valence-electron chi connectivity index (χ4n) is 5.15. The number of carbonyl (C=O) groups is 1. The van der Waals surface area contributed by atoms with E-state index in [1.807, 2.05) is 39.8 Å². The first-order valence-electron chi connectivity index (χ1n) is 13.3. The van der Waals surface area contributed by atoms with Crippen molar-refractivity contribution >= 4 is 5.91 Å². The molecule has 0 aliphatic carbocycles. The van der Waals surface area contributed by atoms with Crippen molar-refractivity contribution in [3.05, 3.63) is 77.8 Å². The largest absolute Gasteiger partial charge is 0.378 e. The summed E-state index contributed by atoms with van der Waals surface area (Å²) >= 11 is 0. The standard InChI is InChI=1S/C30H38F2N4O2/c1-30(2,3)28(36(15-8-14-33)27(37)18-23-11-7-16-38-23)29-34-26(24-17-22(31)12-13-25(24)32)20-35(29)19-21-9-5-4-6-10-21/h4-6,9-10,12-13,17,20,23,28H,7-8,11,14-16,18-19,33H2,1-3H3/t23-,28-/m0/s1. The molecule has 1 fully saturated rings. The molecule has 6 nitrogen and oxygen atoms in total. The number of amides is 1. The second-order valence-electron chi connectivity index (χ2n) is 11.1. The van der Waals surface area contributed by atoms with Gasteiger partial charge in [-0.3, -0.25) is 4.79 Å². The summed E-state index contributed by atoms with van der Waals surface area (Å²) in [5, 5.41) is 0. The zero-order chi connectivity index (χ0) is 27.3. The normalized spacial score (nSPS) is 16.5. The Balaban J connectivity index is 1.82. The van der Waals surface area contributed by atoms with Crippen molar-refractivity contribution < 1.29 is 18.3 Å². The fraction of sp³-hybridized carbons (Fsp3) is 0.467. The molecule has 0 unspecified atom stereocenters. The Hall–Kier alpha value is -3.10. The molecule has 8 heteroatoms. The molecule has 204 valence electrons. The molecule has 1 aromatic heterocycles. The number of imidazole rings is 1. The Morgan fingerprint density at radius 1 is 1.21 bits per heavy atom. The monoisotopic (exact) mass is 524 g/mol. The van der Waals surface area contributed by atoms with E-state index in [0.717, 1.165) is 36.6 Å². The number of nitrogens with zero attached hydrogens (tertiary/aromatic N) is 3. The van der Waals surface area contributed by atoms with Gasteiger partial charge >= 0.3 is 0 Å². The molecule has 0 saturated carbocycles. The third-order valence-corrected chi connectivity index (χ3v) is 6.93. The van der Waals surface area contributed by atoms with Crippen LogP contribution in [0.2, 0.25) is 0 Å². The maximum atomic E-state index is 14.8. The van der Waals surface area contributed by atoms with Crippen molar-refractivity contribution in [2.24, 2.45) is 11.1 Å². The van der Waals surface area contributed by atoms with Gasteiger partial charge in [-0.25, -0.2) is 13.8 Å². The van der Waals surface area contributed by atoms with E-state index in [1.165, 1.54) is 0 Å². The van der Waals surface area contributed by atoms with E-state index in [-0.39, 0.29) is 17.6 Å². The predicted octanol–water partition coefficient (Wildman–Crippen LogP) is 5.71. The minimum atomic E-state index is -0.552. The molecule has 0 radical (unpaired) electrons. The number of hydrogen-bond donors (Lipinski definition) is 1. The van der Waals surface area contributed by atoms with Crippen LogP contribution in [0.5, 0.6) is 0 Å². The third-order valence-electron chi connectivity index (χ3n) is 6.93. The topological polar surface area (TPSA) is 73.4 Å². The van der Waals surface area contributed by atoms with Crippen LogP contribution in [0.15, 0.2) is 54.7 Å². The summed E-state index contributed by atoms with van der Waals surface area (Å²) in [5.41, 5.74) is 6.90. The van der Waals surface area contributed by atoms with Crippen molar-refractivity contribution in [1.82, 2.24) is 14.5 Å². The molecule has 2 N–H and O–H groups in total. The van der Waals surface area contributed by atoms with Crippen LogP contribution in [-0.2, 0) is 16.1 Å². The van der Waals surface area contributed by atoms with Crippen LogP contribution in [0.25, 0.3) is 11.3 Å². The van der Waals surface area contributed by atoms with Crippen molar-refractivity contribution in [1.29, 1.82) is 0 Å². The van der Waals surface area contributed by atoms with Crippen molar-refractivity contribution in [2.45, 2.75) is 65.1 Å². The summed E-state index contributed by atoms with van der Waals surface area (Å²) in [6.07, 6.45) is 4.40. The number of halogens is 2. The van der Waals surface area contributed by atoms with Crippen LogP contribution in [-0.4, -0.2) is 46.2 Å². The highest BCUT2D eigenvalue weighted by Crippen LogP contribution is 2.40. The molecule has 4 rings (SSSR count). The summed E-state index contributed by atoms with van der Waals surface area (Å²) in [7, 11) is 0. The Labute approximate surface area is 223 Å². The van der Waals surface area contributed by atoms with Crippen LogP contribution < -0.4 is 5.73 Å². The molecule has 1 aliphatic rings. The van der Waals surface area contributed by atoms with E-state index in [0.29, 0.717) is 50.6 Å². The van der Waals surface area contributed by atoms with E-state index >= 15 is 0 Å². The van der Waals surface area contributed by atoms with Crippen LogP contribution in [0.1, 0.15) is 63.9 Å². The van der Waals surface area contributed by atoms with Gasteiger partial charge in [0.2, 0.25) is 5.91 Å². The average Bonchev–Trinajstić information content (AvgIpc) is 3.53. The molecule has 38 heavy (non-hydrogen) atoms. The molecule has 2 aromatic carbocycles. The van der Waals surface area contributed by atoms with Crippen LogP contribution in [0, 0.1) is 17.0 Å². The third kappa shape index (κ3) is 6.66. The molecule has 2 atom stereocenters. The molecule has 1 aliphatic heterocycles. The van der Waals surface area contributed by atoms with Gasteiger partial charge in [0.05, 0.1) is 24.3 Å². The second-order valence-corrected chi connectivity index (χ2v) is 11.1. The summed E-state index contributed by atoms with van der Waals surface area (Å²) in [5.74, 6) is -0.482. The minimum absolute atomic E-state index is 0.0157. The molecule has 0 bridgehead atoms. The number of carbonyl (C=O) groups excluding carboxylic acids is 1. The molecule has 1 amide bonds. The van der Waals surface area contributed by atoms with Gasteiger partial charge < -0.3 is 19.9 Å². The average molecular weight is 525 g/mol. The van der Waals surface area contributed by atoms with Gasteiger partial charge in [0.1, 0.15) is 17.5 Å². The minimum Gasteiger partial charge on any atom is -0.378 e. The highest BCUT2D eigenvalue weighted by Gasteiger charge is 2.39. The quantitative estimate of drug-likeness (QED) is 0.369. The Morgan fingerprint density at radius 2 is 1.97 bits per heavy atom. The second kappa shape index (κ2) is 12.2. The first-order chi connectivity index (χ1) is 18.2. The van der Waals surface area contributed by atoms with E-state index in [9.17, 15) is 13.6 Å². The van der Waals surface area contributed by atoms with Gasteiger partial charge in [-0.1, -0.05) is 51.1 Å². The number of nitrogens with two attached hydrogens (primary N) is 1. The van der Waals surface area contributed by atoms with E-state index in [1.54, 1.807) is 6.20 Å². The lowest BCUT2D eigenvalue weighted by Crippen LogP contribution is -2.44. The zero-order valence-electron chi connectivity index (χ0n) is 22.5. The van der Waals surface area contributed by atoms with Gasteiger partial charge in [0.25, 0.3) is 0 Å². The van der Waals surface area contributed by atoms with E-state index in [2.05, 4.69) is 20.8 Å². The van der Waals surface area contributed by atoms with Gasteiger partial charge in [0.15, 0.2) is 0 Å². The SMILES string of the molecule is CC(C)(C)[C@H](c1nc(-c2cc(F)ccc2F)cn1Cc1ccccc1)N(CCCN)C(=O)C[C@@H]1CCCO1. The van der Waals surface area contributed by atoms with E-state index in [4.69, 9.17) is 15.5 Å². The summed E-state index contributed by atoms with van der Waals surface area (Å²) < 4.78 is 36.7. The summed E-state index contributed by atoms with van der Waals surface area (Å²) in [4.78, 5) is 20.5.